The number of aryl methyl sites for hydroxylation is 1. The molecular weight excluding hydrogens is 348 g/mol. The number of amides is 2. The summed E-state index contributed by atoms with van der Waals surface area (Å²) < 4.78 is 25.9. The number of anilines is 1. The first-order valence-electron chi connectivity index (χ1n) is 7.58. The molecule has 134 valence electrons. The topological polar surface area (TPSA) is 61.4 Å². The second-order valence-electron chi connectivity index (χ2n) is 5.65. The van der Waals surface area contributed by atoms with Crippen LogP contribution in [0, 0.1) is 18.6 Å². The van der Waals surface area contributed by atoms with Crippen LogP contribution in [0.3, 0.4) is 0 Å². The van der Waals surface area contributed by atoms with Crippen LogP contribution in [0.4, 0.5) is 14.5 Å². The van der Waals surface area contributed by atoms with Gasteiger partial charge >= 0.3 is 0 Å². The highest BCUT2D eigenvalue weighted by molar-refractivity contribution is 7.10. The van der Waals surface area contributed by atoms with Gasteiger partial charge in [-0.2, -0.15) is 0 Å². The zero-order valence-electron chi connectivity index (χ0n) is 13.9. The van der Waals surface area contributed by atoms with Gasteiger partial charge in [-0.3, -0.25) is 14.5 Å². The molecule has 0 aliphatic carbocycles. The molecule has 0 unspecified atom stereocenters. The van der Waals surface area contributed by atoms with Crippen molar-refractivity contribution in [1.29, 1.82) is 0 Å². The third kappa shape index (κ3) is 5.91. The molecule has 0 fully saturated rings. The number of halogens is 2. The van der Waals surface area contributed by atoms with Crippen molar-refractivity contribution < 1.29 is 18.4 Å². The van der Waals surface area contributed by atoms with Gasteiger partial charge in [0.1, 0.15) is 0 Å². The highest BCUT2D eigenvalue weighted by atomic mass is 32.1. The number of nitrogens with zero attached hydrogens (tertiary/aromatic N) is 1. The number of rotatable bonds is 7. The Hall–Kier alpha value is -2.32. The molecule has 2 rings (SSSR count). The molecule has 1 aromatic carbocycles. The minimum atomic E-state index is -1.05. The van der Waals surface area contributed by atoms with Gasteiger partial charge in [0.15, 0.2) is 11.6 Å². The van der Waals surface area contributed by atoms with E-state index in [1.807, 2.05) is 30.3 Å². The molecule has 1 aromatic heterocycles. The average Bonchev–Trinajstić information content (AvgIpc) is 2.94. The Kier molecular flexibility index (Phi) is 6.60. The van der Waals surface area contributed by atoms with Crippen molar-refractivity contribution in [3.8, 4) is 0 Å². The molecule has 0 radical (unpaired) electrons. The van der Waals surface area contributed by atoms with Crippen LogP contribution in [0.5, 0.6) is 0 Å². The van der Waals surface area contributed by atoms with Crippen LogP contribution in [0.2, 0.25) is 0 Å². The number of thiophene rings is 1. The molecule has 0 saturated heterocycles. The Labute approximate surface area is 148 Å². The summed E-state index contributed by atoms with van der Waals surface area (Å²) in [5.41, 5.74) is 1.31. The van der Waals surface area contributed by atoms with Gasteiger partial charge in [0, 0.05) is 23.2 Å². The van der Waals surface area contributed by atoms with E-state index in [0.717, 1.165) is 12.1 Å². The smallest absolute Gasteiger partial charge is 0.243 e. The average molecular weight is 367 g/mol. The van der Waals surface area contributed by atoms with E-state index in [4.69, 9.17) is 0 Å². The van der Waals surface area contributed by atoms with Gasteiger partial charge in [-0.25, -0.2) is 8.78 Å². The van der Waals surface area contributed by atoms with Crippen molar-refractivity contribution in [2.24, 2.45) is 0 Å². The fraction of sp³-hybridized carbons (Fsp3) is 0.294. The largest absolute Gasteiger partial charge is 0.346 e. The van der Waals surface area contributed by atoms with E-state index >= 15 is 0 Å². The van der Waals surface area contributed by atoms with Crippen LogP contribution in [0.25, 0.3) is 0 Å². The first kappa shape index (κ1) is 19.0. The SMILES string of the molecule is Cc1ccsc1CN(C)CC(=O)NCC(=O)Nc1ccc(F)c(F)c1. The number of benzene rings is 1. The van der Waals surface area contributed by atoms with Crippen LogP contribution in [-0.4, -0.2) is 36.9 Å². The summed E-state index contributed by atoms with van der Waals surface area (Å²) in [6, 6.07) is 5.07. The zero-order valence-corrected chi connectivity index (χ0v) is 14.8. The first-order valence-corrected chi connectivity index (χ1v) is 8.46. The van der Waals surface area contributed by atoms with Crippen LogP contribution < -0.4 is 10.6 Å². The van der Waals surface area contributed by atoms with E-state index in [9.17, 15) is 18.4 Å². The summed E-state index contributed by atoms with van der Waals surface area (Å²) in [5, 5.41) is 6.89. The molecule has 0 bridgehead atoms. The lowest BCUT2D eigenvalue weighted by Crippen LogP contribution is -2.39. The molecule has 0 aliphatic rings. The lowest BCUT2D eigenvalue weighted by molar-refractivity contribution is -0.124. The van der Waals surface area contributed by atoms with E-state index < -0.39 is 17.5 Å². The normalized spacial score (nSPS) is 10.8. The van der Waals surface area contributed by atoms with Crippen LogP contribution >= 0.6 is 11.3 Å². The third-order valence-electron chi connectivity index (χ3n) is 3.44. The number of carbonyl (C=O) groups excluding carboxylic acids is 2. The molecule has 8 heteroatoms. The fourth-order valence-corrected chi connectivity index (χ4v) is 3.11. The maximum absolute atomic E-state index is 13.1. The van der Waals surface area contributed by atoms with Crippen LogP contribution in [-0.2, 0) is 16.1 Å². The molecule has 25 heavy (non-hydrogen) atoms. The van der Waals surface area contributed by atoms with Crippen molar-refractivity contribution in [2.45, 2.75) is 13.5 Å². The molecule has 0 spiro atoms. The second kappa shape index (κ2) is 8.68. The number of hydrogen-bond donors (Lipinski definition) is 2. The number of nitrogens with one attached hydrogen (secondary N) is 2. The summed E-state index contributed by atoms with van der Waals surface area (Å²) in [6.45, 7) is 2.57. The zero-order chi connectivity index (χ0) is 18.4. The Balaban J connectivity index is 1.74. The van der Waals surface area contributed by atoms with Gasteiger partial charge in [-0.1, -0.05) is 0 Å². The number of hydrogen-bond acceptors (Lipinski definition) is 4. The van der Waals surface area contributed by atoms with Gasteiger partial charge in [0.05, 0.1) is 13.1 Å². The molecule has 0 aliphatic heterocycles. The van der Waals surface area contributed by atoms with Gasteiger partial charge in [-0.15, -0.1) is 11.3 Å². The van der Waals surface area contributed by atoms with Gasteiger partial charge in [0.25, 0.3) is 0 Å². The molecule has 2 aromatic rings. The minimum Gasteiger partial charge on any atom is -0.346 e. The summed E-state index contributed by atoms with van der Waals surface area (Å²) in [7, 11) is 1.82. The highest BCUT2D eigenvalue weighted by Crippen LogP contribution is 2.17. The summed E-state index contributed by atoms with van der Waals surface area (Å²) in [6.07, 6.45) is 0. The second-order valence-corrected chi connectivity index (χ2v) is 6.65. The summed E-state index contributed by atoms with van der Waals surface area (Å²) >= 11 is 1.63. The van der Waals surface area contributed by atoms with E-state index in [1.165, 1.54) is 16.5 Å². The van der Waals surface area contributed by atoms with Crippen LogP contribution in [0.1, 0.15) is 10.4 Å². The molecule has 5 nitrogen and oxygen atoms in total. The molecule has 0 atom stereocenters. The lowest BCUT2D eigenvalue weighted by atomic mass is 10.3. The highest BCUT2D eigenvalue weighted by Gasteiger charge is 2.11. The Bertz CT molecular complexity index is 764. The summed E-state index contributed by atoms with van der Waals surface area (Å²) in [5.74, 6) is -2.85. The Morgan fingerprint density at radius 1 is 1.16 bits per heavy atom. The standard InChI is InChI=1S/C17H19F2N3O2S/c1-11-5-6-25-15(11)9-22(2)10-17(24)20-8-16(23)21-12-3-4-13(18)14(19)7-12/h3-7H,8-10H2,1-2H3,(H,20,24)(H,21,23). The van der Waals surface area contributed by atoms with Gasteiger partial charge < -0.3 is 10.6 Å². The van der Waals surface area contributed by atoms with Crippen LogP contribution in [0.15, 0.2) is 29.6 Å². The predicted octanol–water partition coefficient (Wildman–Crippen LogP) is 2.52. The fourth-order valence-electron chi connectivity index (χ4n) is 2.13. The maximum atomic E-state index is 13.1. The monoisotopic (exact) mass is 367 g/mol. The number of likely N-dealkylation sites (N-methyl/N-ethyl adjacent to an activating group) is 1. The molecular formula is C17H19F2N3O2S. The lowest BCUT2D eigenvalue weighted by Gasteiger charge is -2.16. The van der Waals surface area contributed by atoms with Crippen molar-refractivity contribution in [3.63, 3.8) is 0 Å². The van der Waals surface area contributed by atoms with E-state index in [2.05, 4.69) is 10.6 Å². The van der Waals surface area contributed by atoms with Crippen molar-refractivity contribution in [3.05, 3.63) is 51.7 Å². The first-order chi connectivity index (χ1) is 11.8. The molecule has 2 N–H and O–H groups in total. The molecule has 2 amide bonds. The summed E-state index contributed by atoms with van der Waals surface area (Å²) in [4.78, 5) is 26.7. The van der Waals surface area contributed by atoms with E-state index in [0.29, 0.717) is 6.54 Å². The van der Waals surface area contributed by atoms with Crippen molar-refractivity contribution in [1.82, 2.24) is 10.2 Å². The quantitative estimate of drug-likeness (QED) is 0.791. The minimum absolute atomic E-state index is 0.128. The number of carbonyl (C=O) groups is 2. The molecule has 1 heterocycles. The van der Waals surface area contributed by atoms with Crippen molar-refractivity contribution in [2.75, 3.05) is 25.5 Å². The van der Waals surface area contributed by atoms with Gasteiger partial charge in [-0.05, 0) is 43.1 Å². The Morgan fingerprint density at radius 3 is 2.56 bits per heavy atom. The molecule has 0 saturated carbocycles. The van der Waals surface area contributed by atoms with E-state index in [-0.39, 0.29) is 24.7 Å². The Morgan fingerprint density at radius 2 is 1.92 bits per heavy atom. The predicted molar refractivity (Wildman–Crippen MR) is 93.4 cm³/mol. The van der Waals surface area contributed by atoms with Crippen molar-refractivity contribution >= 4 is 28.8 Å². The third-order valence-corrected chi connectivity index (χ3v) is 4.45. The maximum Gasteiger partial charge on any atom is 0.243 e. The van der Waals surface area contributed by atoms with Gasteiger partial charge in [0.2, 0.25) is 11.8 Å². The van der Waals surface area contributed by atoms with E-state index in [1.54, 1.807) is 11.3 Å².